The normalized spacial score (nSPS) is 21.3. The molecule has 1 saturated carbocycles. The van der Waals surface area contributed by atoms with Crippen molar-refractivity contribution >= 4 is 17.9 Å². The Morgan fingerprint density at radius 1 is 1.22 bits per heavy atom. The standard InChI is InChI=1S/C23H27FN6O2/c1-14-6-9-18(30(23(31)32)17-4-2-3-5-17)13-29(14)21-11-20(27-22(26)28-21)15-7-8-16(12-25)19(24)10-15/h7-8,10-11,14,17-18H,2-6,9,13H2,1H3,(H,31,32)(H2,26,27,28)/t14-,18+/m0/s1. The molecule has 1 aromatic heterocycles. The van der Waals surface area contributed by atoms with Crippen LogP contribution in [0.5, 0.6) is 0 Å². The van der Waals surface area contributed by atoms with E-state index in [1.54, 1.807) is 17.0 Å². The summed E-state index contributed by atoms with van der Waals surface area (Å²) in [4.78, 5) is 24.5. The van der Waals surface area contributed by atoms with Crippen LogP contribution in [0.15, 0.2) is 24.3 Å². The lowest BCUT2D eigenvalue weighted by molar-refractivity contribution is 0.0901. The van der Waals surface area contributed by atoms with E-state index in [2.05, 4.69) is 21.8 Å². The molecule has 1 saturated heterocycles. The van der Waals surface area contributed by atoms with Crippen molar-refractivity contribution in [1.82, 2.24) is 14.9 Å². The molecule has 2 heterocycles. The molecule has 8 nitrogen and oxygen atoms in total. The number of carboxylic acid groups (broad SMARTS) is 1. The van der Waals surface area contributed by atoms with Crippen molar-refractivity contribution in [1.29, 1.82) is 5.26 Å². The fourth-order valence-corrected chi connectivity index (χ4v) is 4.94. The molecule has 3 N–H and O–H groups in total. The second-order valence-electron chi connectivity index (χ2n) is 8.64. The number of carbonyl (C=O) groups is 1. The third-order valence-corrected chi connectivity index (χ3v) is 6.60. The number of hydrogen-bond acceptors (Lipinski definition) is 6. The zero-order valence-corrected chi connectivity index (χ0v) is 18.0. The molecule has 4 rings (SSSR count). The SMILES string of the molecule is C[C@H]1CC[C@@H](N(C(=O)O)C2CCCC2)CN1c1cc(-c2ccc(C#N)c(F)c2)nc(N)n1. The van der Waals surface area contributed by atoms with Gasteiger partial charge in [0.2, 0.25) is 5.95 Å². The Labute approximate surface area is 186 Å². The van der Waals surface area contributed by atoms with Crippen molar-refractivity contribution < 1.29 is 14.3 Å². The summed E-state index contributed by atoms with van der Waals surface area (Å²) in [5.74, 6) is 0.0255. The molecule has 32 heavy (non-hydrogen) atoms. The second kappa shape index (κ2) is 8.99. The maximum absolute atomic E-state index is 14.1. The van der Waals surface area contributed by atoms with Crippen LogP contribution < -0.4 is 10.6 Å². The molecule has 9 heteroatoms. The quantitative estimate of drug-likeness (QED) is 0.740. The van der Waals surface area contributed by atoms with Gasteiger partial charge in [-0.2, -0.15) is 10.2 Å². The fourth-order valence-electron chi connectivity index (χ4n) is 4.94. The number of nitrogen functional groups attached to an aromatic ring is 1. The lowest BCUT2D eigenvalue weighted by Gasteiger charge is -2.44. The van der Waals surface area contributed by atoms with Gasteiger partial charge >= 0.3 is 6.09 Å². The number of nitrogens with two attached hydrogens (primary N) is 1. The van der Waals surface area contributed by atoms with Crippen LogP contribution in [0.4, 0.5) is 21.0 Å². The third-order valence-electron chi connectivity index (χ3n) is 6.60. The van der Waals surface area contributed by atoms with Crippen molar-refractivity contribution in [2.75, 3.05) is 17.2 Å². The summed E-state index contributed by atoms with van der Waals surface area (Å²) < 4.78 is 14.1. The van der Waals surface area contributed by atoms with Gasteiger partial charge in [0.05, 0.1) is 17.3 Å². The number of nitrogens with zero attached hydrogens (tertiary/aromatic N) is 5. The summed E-state index contributed by atoms with van der Waals surface area (Å²) in [6.45, 7) is 2.60. The van der Waals surface area contributed by atoms with Crippen LogP contribution in [0.2, 0.25) is 0 Å². The van der Waals surface area contributed by atoms with E-state index in [9.17, 15) is 14.3 Å². The molecule has 0 spiro atoms. The Morgan fingerprint density at radius 2 is 1.97 bits per heavy atom. The summed E-state index contributed by atoms with van der Waals surface area (Å²) in [6.07, 6.45) is 4.70. The second-order valence-corrected chi connectivity index (χ2v) is 8.64. The number of nitriles is 1. The average molecular weight is 439 g/mol. The molecular weight excluding hydrogens is 411 g/mol. The minimum atomic E-state index is -0.868. The van der Waals surface area contributed by atoms with Gasteiger partial charge in [-0.3, -0.25) is 0 Å². The van der Waals surface area contributed by atoms with Crippen LogP contribution in [-0.4, -0.2) is 50.7 Å². The molecule has 1 amide bonds. The number of anilines is 2. The van der Waals surface area contributed by atoms with E-state index in [1.807, 2.05) is 6.07 Å². The van der Waals surface area contributed by atoms with Gasteiger partial charge in [-0.05, 0) is 44.7 Å². The number of hydrogen-bond donors (Lipinski definition) is 2. The number of benzene rings is 1. The number of rotatable bonds is 4. The monoisotopic (exact) mass is 438 g/mol. The molecule has 2 fully saturated rings. The van der Waals surface area contributed by atoms with Crippen LogP contribution in [0, 0.1) is 17.1 Å². The van der Waals surface area contributed by atoms with Crippen LogP contribution in [0.3, 0.4) is 0 Å². The van der Waals surface area contributed by atoms with Crippen molar-refractivity contribution in [3.8, 4) is 17.3 Å². The number of amides is 1. The maximum Gasteiger partial charge on any atom is 0.407 e. The van der Waals surface area contributed by atoms with Crippen LogP contribution >= 0.6 is 0 Å². The first-order chi connectivity index (χ1) is 15.4. The predicted molar refractivity (Wildman–Crippen MR) is 119 cm³/mol. The van der Waals surface area contributed by atoms with E-state index < -0.39 is 11.9 Å². The van der Waals surface area contributed by atoms with Gasteiger partial charge in [0, 0.05) is 30.3 Å². The molecule has 1 aliphatic carbocycles. The third kappa shape index (κ3) is 4.31. The maximum atomic E-state index is 14.1. The van der Waals surface area contributed by atoms with E-state index in [4.69, 9.17) is 11.0 Å². The summed E-state index contributed by atoms with van der Waals surface area (Å²) in [7, 11) is 0. The van der Waals surface area contributed by atoms with Crippen molar-refractivity contribution in [2.45, 2.75) is 63.6 Å². The van der Waals surface area contributed by atoms with Crippen molar-refractivity contribution in [2.24, 2.45) is 0 Å². The average Bonchev–Trinajstić information content (AvgIpc) is 3.28. The molecule has 0 bridgehead atoms. The Bertz CT molecular complexity index is 1050. The van der Waals surface area contributed by atoms with E-state index >= 15 is 0 Å². The predicted octanol–water partition coefficient (Wildman–Crippen LogP) is 4.02. The minimum absolute atomic E-state index is 0.0378. The van der Waals surface area contributed by atoms with Crippen molar-refractivity contribution in [3.63, 3.8) is 0 Å². The van der Waals surface area contributed by atoms with Crippen LogP contribution in [0.1, 0.15) is 51.0 Å². The lowest BCUT2D eigenvalue weighted by atomic mass is 9.96. The molecule has 2 atom stereocenters. The minimum Gasteiger partial charge on any atom is -0.465 e. The lowest BCUT2D eigenvalue weighted by Crippen LogP contribution is -2.55. The first-order valence-corrected chi connectivity index (χ1v) is 11.0. The fraction of sp³-hybridized carbons (Fsp3) is 0.478. The van der Waals surface area contributed by atoms with E-state index in [0.717, 1.165) is 38.5 Å². The molecule has 0 unspecified atom stereocenters. The Balaban J connectivity index is 1.64. The highest BCUT2D eigenvalue weighted by Crippen LogP contribution is 2.33. The van der Waals surface area contributed by atoms with Gasteiger partial charge in [-0.25, -0.2) is 14.2 Å². The first-order valence-electron chi connectivity index (χ1n) is 11.0. The molecule has 168 valence electrons. The highest BCUT2D eigenvalue weighted by atomic mass is 19.1. The van der Waals surface area contributed by atoms with Gasteiger partial charge in [-0.1, -0.05) is 18.9 Å². The van der Waals surface area contributed by atoms with Gasteiger partial charge < -0.3 is 20.6 Å². The molecule has 2 aromatic rings. The molecular formula is C23H27FN6O2. The molecule has 1 aromatic carbocycles. The van der Waals surface area contributed by atoms with E-state index in [1.165, 1.54) is 12.1 Å². The topological polar surface area (TPSA) is 119 Å². The number of aromatic nitrogens is 2. The zero-order chi connectivity index (χ0) is 22.8. The summed E-state index contributed by atoms with van der Waals surface area (Å²) in [5.41, 5.74) is 6.90. The first kappa shape index (κ1) is 21.8. The smallest absolute Gasteiger partial charge is 0.407 e. The van der Waals surface area contributed by atoms with Gasteiger partial charge in [-0.15, -0.1) is 0 Å². The molecule has 2 aliphatic rings. The van der Waals surface area contributed by atoms with E-state index in [-0.39, 0.29) is 29.6 Å². The summed E-state index contributed by atoms with van der Waals surface area (Å²) >= 11 is 0. The Morgan fingerprint density at radius 3 is 2.62 bits per heavy atom. The zero-order valence-electron chi connectivity index (χ0n) is 18.0. The van der Waals surface area contributed by atoms with Gasteiger partial charge in [0.25, 0.3) is 0 Å². The van der Waals surface area contributed by atoms with Crippen LogP contribution in [0.25, 0.3) is 11.3 Å². The Hall–Kier alpha value is -3.41. The van der Waals surface area contributed by atoms with Crippen molar-refractivity contribution in [3.05, 3.63) is 35.6 Å². The largest absolute Gasteiger partial charge is 0.465 e. The molecule has 0 radical (unpaired) electrons. The Kier molecular flexibility index (Phi) is 6.12. The number of halogens is 1. The van der Waals surface area contributed by atoms with Gasteiger partial charge in [0.15, 0.2) is 0 Å². The highest BCUT2D eigenvalue weighted by molar-refractivity contribution is 5.67. The van der Waals surface area contributed by atoms with Gasteiger partial charge in [0.1, 0.15) is 17.7 Å². The molecule has 1 aliphatic heterocycles. The summed E-state index contributed by atoms with van der Waals surface area (Å²) in [6, 6.07) is 7.94. The highest BCUT2D eigenvalue weighted by Gasteiger charge is 2.37. The summed E-state index contributed by atoms with van der Waals surface area (Å²) in [5, 5.41) is 18.9. The number of piperidine rings is 1. The van der Waals surface area contributed by atoms with Crippen LogP contribution in [-0.2, 0) is 0 Å². The van der Waals surface area contributed by atoms with E-state index in [0.29, 0.717) is 23.6 Å².